The summed E-state index contributed by atoms with van der Waals surface area (Å²) in [5.74, 6) is 0. The van der Waals surface area contributed by atoms with Crippen molar-refractivity contribution in [1.29, 1.82) is 0 Å². The monoisotopic (exact) mass is 381 g/mol. The zero-order valence-electron chi connectivity index (χ0n) is 15.3. The van der Waals surface area contributed by atoms with Gasteiger partial charge in [0, 0.05) is 18.9 Å². The molecule has 0 saturated heterocycles. The van der Waals surface area contributed by atoms with E-state index in [-0.39, 0.29) is 19.6 Å². The zero-order valence-corrected chi connectivity index (χ0v) is 15.3. The Kier molecular flexibility index (Phi) is 6.78. The second-order valence-corrected chi connectivity index (χ2v) is 6.33. The van der Waals surface area contributed by atoms with E-state index in [1.807, 2.05) is 54.7 Å². The molecule has 0 radical (unpaired) electrons. The van der Waals surface area contributed by atoms with E-state index >= 15 is 0 Å². The number of aliphatic hydroxyl groups excluding tert-OH is 2. The van der Waals surface area contributed by atoms with Gasteiger partial charge in [0.05, 0.1) is 11.8 Å². The van der Waals surface area contributed by atoms with Gasteiger partial charge in [-0.3, -0.25) is 0 Å². The van der Waals surface area contributed by atoms with Crippen LogP contribution in [0.2, 0.25) is 0 Å². The highest BCUT2D eigenvalue weighted by Gasteiger charge is 2.18. The van der Waals surface area contributed by atoms with Gasteiger partial charge < -0.3 is 20.3 Å². The number of hydrogen-bond acceptors (Lipinski definition) is 5. The van der Waals surface area contributed by atoms with Crippen LogP contribution in [0, 0.1) is 0 Å². The normalized spacial score (nSPS) is 12.9. The first kappa shape index (κ1) is 19.6. The molecule has 0 aliphatic carbocycles. The molecule has 2 atom stereocenters. The van der Waals surface area contributed by atoms with E-state index in [2.05, 4.69) is 10.4 Å². The van der Waals surface area contributed by atoms with Gasteiger partial charge in [0.2, 0.25) is 0 Å². The van der Waals surface area contributed by atoms with Gasteiger partial charge in [-0.1, -0.05) is 42.5 Å². The second-order valence-electron chi connectivity index (χ2n) is 6.33. The molecule has 7 heteroatoms. The van der Waals surface area contributed by atoms with Crippen molar-refractivity contribution >= 4 is 6.09 Å². The zero-order chi connectivity index (χ0) is 19.8. The molecule has 0 bridgehead atoms. The minimum atomic E-state index is -1.05. The molecule has 3 N–H and O–H groups in total. The Bertz CT molecular complexity index is 851. The number of carbonyl (C=O) groups excluding carboxylic acids is 1. The van der Waals surface area contributed by atoms with Crippen molar-refractivity contribution in [2.75, 3.05) is 6.54 Å². The molecule has 28 heavy (non-hydrogen) atoms. The van der Waals surface area contributed by atoms with E-state index in [4.69, 9.17) is 4.74 Å². The fraction of sp³-hybridized carbons (Fsp3) is 0.238. The number of hydrogen-bond donors (Lipinski definition) is 3. The predicted octanol–water partition coefficient (Wildman–Crippen LogP) is 2.58. The topological polar surface area (TPSA) is 96.6 Å². The standard InChI is InChI=1S/C21H23N3O4/c25-19(11-13-22-21(27)28-15-16-5-2-1-3-6-16)20(26)17-7-9-18(10-8-17)24-14-4-12-23-24/h1-10,12,14,19-20,25-26H,11,13,15H2,(H,22,27). The molecule has 1 heterocycles. The Morgan fingerprint density at radius 3 is 2.50 bits per heavy atom. The van der Waals surface area contributed by atoms with E-state index in [9.17, 15) is 15.0 Å². The number of nitrogens with one attached hydrogen (secondary N) is 1. The van der Waals surface area contributed by atoms with Crippen molar-refractivity contribution in [1.82, 2.24) is 15.1 Å². The third-order valence-electron chi connectivity index (χ3n) is 4.29. The number of benzene rings is 2. The van der Waals surface area contributed by atoms with Crippen molar-refractivity contribution < 1.29 is 19.7 Å². The number of ether oxygens (including phenoxy) is 1. The van der Waals surface area contributed by atoms with Crippen molar-refractivity contribution in [2.24, 2.45) is 0 Å². The van der Waals surface area contributed by atoms with E-state index in [0.717, 1.165) is 11.3 Å². The maximum absolute atomic E-state index is 11.7. The average molecular weight is 381 g/mol. The van der Waals surface area contributed by atoms with Gasteiger partial charge in [0.15, 0.2) is 0 Å². The van der Waals surface area contributed by atoms with Crippen LogP contribution in [0.3, 0.4) is 0 Å². The summed E-state index contributed by atoms with van der Waals surface area (Å²) in [5, 5.41) is 27.2. The minimum Gasteiger partial charge on any atom is -0.445 e. The minimum absolute atomic E-state index is 0.181. The van der Waals surface area contributed by atoms with Crippen molar-refractivity contribution in [3.05, 3.63) is 84.2 Å². The number of aliphatic hydroxyl groups is 2. The number of alkyl carbamates (subject to hydrolysis) is 1. The number of amides is 1. The number of rotatable bonds is 8. The van der Waals surface area contributed by atoms with Crippen LogP contribution in [0.4, 0.5) is 4.79 Å². The van der Waals surface area contributed by atoms with Crippen LogP contribution in [0.25, 0.3) is 5.69 Å². The molecule has 0 saturated carbocycles. The lowest BCUT2D eigenvalue weighted by Crippen LogP contribution is -2.29. The van der Waals surface area contributed by atoms with Crippen molar-refractivity contribution in [2.45, 2.75) is 25.2 Å². The quantitative estimate of drug-likeness (QED) is 0.557. The fourth-order valence-corrected chi connectivity index (χ4v) is 2.72. The molecule has 1 aromatic heterocycles. The molecule has 0 aliphatic rings. The molecule has 146 valence electrons. The summed E-state index contributed by atoms with van der Waals surface area (Å²) < 4.78 is 6.81. The molecule has 0 aliphatic heterocycles. The lowest BCUT2D eigenvalue weighted by Gasteiger charge is -2.18. The van der Waals surface area contributed by atoms with Gasteiger partial charge >= 0.3 is 6.09 Å². The first-order valence-electron chi connectivity index (χ1n) is 9.04. The summed E-state index contributed by atoms with van der Waals surface area (Å²) in [6.45, 7) is 0.373. The van der Waals surface area contributed by atoms with Crippen LogP contribution in [0.5, 0.6) is 0 Å². The fourth-order valence-electron chi connectivity index (χ4n) is 2.72. The van der Waals surface area contributed by atoms with Gasteiger partial charge in [0.25, 0.3) is 0 Å². The second kappa shape index (κ2) is 9.68. The Hall–Kier alpha value is -3.16. The summed E-state index contributed by atoms with van der Waals surface area (Å²) in [4.78, 5) is 11.7. The van der Waals surface area contributed by atoms with Crippen LogP contribution in [-0.4, -0.2) is 38.7 Å². The molecule has 7 nitrogen and oxygen atoms in total. The van der Waals surface area contributed by atoms with Crippen LogP contribution < -0.4 is 5.32 Å². The molecule has 0 spiro atoms. The molecular formula is C21H23N3O4. The van der Waals surface area contributed by atoms with E-state index in [0.29, 0.717) is 5.56 Å². The maximum atomic E-state index is 11.7. The Morgan fingerprint density at radius 1 is 1.07 bits per heavy atom. The van der Waals surface area contributed by atoms with Crippen LogP contribution in [-0.2, 0) is 11.3 Å². The highest BCUT2D eigenvalue weighted by Crippen LogP contribution is 2.20. The maximum Gasteiger partial charge on any atom is 0.407 e. The number of carbonyl (C=O) groups is 1. The Balaban J connectivity index is 1.41. The summed E-state index contributed by atoms with van der Waals surface area (Å²) in [6.07, 6.45) is 1.09. The lowest BCUT2D eigenvalue weighted by molar-refractivity contribution is 0.0136. The summed E-state index contributed by atoms with van der Waals surface area (Å²) in [7, 11) is 0. The van der Waals surface area contributed by atoms with Gasteiger partial charge in [-0.2, -0.15) is 5.10 Å². The molecule has 2 unspecified atom stereocenters. The third kappa shape index (κ3) is 5.42. The van der Waals surface area contributed by atoms with E-state index < -0.39 is 18.3 Å². The largest absolute Gasteiger partial charge is 0.445 e. The first-order chi connectivity index (χ1) is 13.6. The molecule has 1 amide bonds. The van der Waals surface area contributed by atoms with Crippen molar-refractivity contribution in [3.63, 3.8) is 0 Å². The molecular weight excluding hydrogens is 358 g/mol. The molecule has 3 aromatic rings. The van der Waals surface area contributed by atoms with Crippen LogP contribution in [0.1, 0.15) is 23.7 Å². The van der Waals surface area contributed by atoms with Crippen LogP contribution in [0.15, 0.2) is 73.1 Å². The number of aromatic nitrogens is 2. The smallest absolute Gasteiger partial charge is 0.407 e. The van der Waals surface area contributed by atoms with Gasteiger partial charge in [-0.15, -0.1) is 0 Å². The summed E-state index contributed by atoms with van der Waals surface area (Å²) in [6, 6.07) is 18.3. The molecule has 2 aromatic carbocycles. The highest BCUT2D eigenvalue weighted by molar-refractivity contribution is 5.67. The average Bonchev–Trinajstić information content (AvgIpc) is 3.27. The van der Waals surface area contributed by atoms with Gasteiger partial charge in [-0.25, -0.2) is 9.48 Å². The lowest BCUT2D eigenvalue weighted by atomic mass is 10.0. The van der Waals surface area contributed by atoms with Gasteiger partial charge in [-0.05, 0) is 35.7 Å². The third-order valence-corrected chi connectivity index (χ3v) is 4.29. The summed E-state index contributed by atoms with van der Waals surface area (Å²) in [5.41, 5.74) is 2.35. The SMILES string of the molecule is O=C(NCCC(O)C(O)c1ccc(-n2cccn2)cc1)OCc1ccccc1. The number of nitrogens with zero attached hydrogens (tertiary/aromatic N) is 2. The van der Waals surface area contributed by atoms with Gasteiger partial charge in [0.1, 0.15) is 12.7 Å². The predicted molar refractivity (Wildman–Crippen MR) is 104 cm³/mol. The molecule has 3 rings (SSSR count). The van der Waals surface area contributed by atoms with E-state index in [1.54, 1.807) is 23.0 Å². The summed E-state index contributed by atoms with van der Waals surface area (Å²) >= 11 is 0. The molecule has 0 fully saturated rings. The Morgan fingerprint density at radius 2 is 1.82 bits per heavy atom. The highest BCUT2D eigenvalue weighted by atomic mass is 16.5. The van der Waals surface area contributed by atoms with E-state index in [1.165, 1.54) is 0 Å². The first-order valence-corrected chi connectivity index (χ1v) is 9.04. The van der Waals surface area contributed by atoms with Crippen LogP contribution >= 0.6 is 0 Å². The Labute approximate surface area is 163 Å². The van der Waals surface area contributed by atoms with Crippen molar-refractivity contribution in [3.8, 4) is 5.69 Å².